The van der Waals surface area contributed by atoms with E-state index in [9.17, 15) is 0 Å². The second-order valence-electron chi connectivity index (χ2n) is 6.08. The van der Waals surface area contributed by atoms with E-state index < -0.39 is 0 Å². The summed E-state index contributed by atoms with van der Waals surface area (Å²) < 4.78 is 6.34. The van der Waals surface area contributed by atoms with Gasteiger partial charge >= 0.3 is 0 Å². The van der Waals surface area contributed by atoms with E-state index in [2.05, 4.69) is 53.7 Å². The van der Waals surface area contributed by atoms with Gasteiger partial charge < -0.3 is 4.74 Å². The molecular weight excluding hydrogens is 244 g/mol. The maximum atomic E-state index is 6.34. The Balaban J connectivity index is 2.26. The van der Waals surface area contributed by atoms with E-state index in [1.54, 1.807) is 0 Å². The number of hydrogen-bond acceptors (Lipinski definition) is 1. The van der Waals surface area contributed by atoms with Crippen LogP contribution in [0, 0.1) is 41.5 Å². The Labute approximate surface area is 121 Å². The van der Waals surface area contributed by atoms with Gasteiger partial charge in [0.1, 0.15) is 11.5 Å². The molecule has 0 aromatic heterocycles. The molecule has 0 radical (unpaired) electrons. The van der Waals surface area contributed by atoms with Crippen molar-refractivity contribution in [1.29, 1.82) is 0 Å². The van der Waals surface area contributed by atoms with Crippen molar-refractivity contribution in [1.82, 2.24) is 0 Å². The molecule has 20 heavy (non-hydrogen) atoms. The Morgan fingerprint density at radius 1 is 0.700 bits per heavy atom. The predicted octanol–water partition coefficient (Wildman–Crippen LogP) is 5.23. The summed E-state index contributed by atoms with van der Waals surface area (Å²) in [6.45, 7) is 13.1. The second-order valence-corrected chi connectivity index (χ2v) is 6.08. The first-order chi connectivity index (χ1) is 9.41. The van der Waals surface area contributed by atoms with Gasteiger partial charge in [-0.15, -0.1) is 0 Å². The Morgan fingerprint density at radius 2 is 1.35 bits per heavy atom. The van der Waals surface area contributed by atoms with Crippen LogP contribution in [-0.4, -0.2) is 0 Å². The van der Waals surface area contributed by atoms with E-state index in [0.717, 1.165) is 17.9 Å². The van der Waals surface area contributed by atoms with Crippen LogP contribution >= 0.6 is 0 Å². The molecule has 0 atom stereocenters. The molecule has 2 aromatic rings. The summed E-state index contributed by atoms with van der Waals surface area (Å²) >= 11 is 0. The van der Waals surface area contributed by atoms with Gasteiger partial charge in [0.15, 0.2) is 0 Å². The van der Waals surface area contributed by atoms with Crippen LogP contribution in [0.5, 0.6) is 11.5 Å². The summed E-state index contributed by atoms with van der Waals surface area (Å²) in [5.74, 6) is 2.16. The van der Waals surface area contributed by atoms with Crippen LogP contribution in [0.25, 0.3) is 0 Å². The van der Waals surface area contributed by atoms with Crippen LogP contribution in [0.4, 0.5) is 0 Å². The lowest BCUT2D eigenvalue weighted by atomic mass is 9.87. The van der Waals surface area contributed by atoms with Crippen LogP contribution in [0.2, 0.25) is 0 Å². The maximum absolute atomic E-state index is 6.34. The quantitative estimate of drug-likeness (QED) is 0.541. The SMILES string of the molecule is Cc1ccc2c(c1C)Oc1c(C)c(C)c(C)c(C)c1C2. The normalized spacial score (nSPS) is 12.7. The van der Waals surface area contributed by atoms with Crippen LogP contribution in [-0.2, 0) is 6.42 Å². The highest BCUT2D eigenvalue weighted by Gasteiger charge is 2.24. The van der Waals surface area contributed by atoms with Crippen LogP contribution in [0.3, 0.4) is 0 Å². The Morgan fingerprint density at radius 3 is 2.05 bits per heavy atom. The Hall–Kier alpha value is -1.76. The number of hydrogen-bond donors (Lipinski definition) is 0. The highest BCUT2D eigenvalue weighted by atomic mass is 16.5. The zero-order chi connectivity index (χ0) is 14.6. The topological polar surface area (TPSA) is 9.23 Å². The van der Waals surface area contributed by atoms with Gasteiger partial charge in [-0.3, -0.25) is 0 Å². The van der Waals surface area contributed by atoms with Crippen molar-refractivity contribution in [3.05, 3.63) is 56.6 Å². The summed E-state index contributed by atoms with van der Waals surface area (Å²) in [7, 11) is 0. The minimum Gasteiger partial charge on any atom is -0.456 e. The molecule has 3 rings (SSSR count). The molecule has 0 saturated heterocycles. The van der Waals surface area contributed by atoms with Crippen molar-refractivity contribution in [2.24, 2.45) is 0 Å². The second kappa shape index (κ2) is 4.37. The first-order valence-electron chi connectivity index (χ1n) is 7.28. The summed E-state index contributed by atoms with van der Waals surface area (Å²) in [6, 6.07) is 4.41. The standard InChI is InChI=1S/C19H22O/c1-10-7-8-16-9-17-14(5)12(3)13(4)15(6)19(17)20-18(16)11(10)2/h7-8H,9H2,1-6H3. The van der Waals surface area contributed by atoms with E-state index in [1.807, 2.05) is 0 Å². The molecule has 0 spiro atoms. The molecule has 0 amide bonds. The minimum absolute atomic E-state index is 0.986. The highest BCUT2D eigenvalue weighted by molar-refractivity contribution is 5.62. The zero-order valence-corrected chi connectivity index (χ0v) is 13.3. The van der Waals surface area contributed by atoms with E-state index in [4.69, 9.17) is 4.74 Å². The molecule has 0 bridgehead atoms. The van der Waals surface area contributed by atoms with Gasteiger partial charge in [-0.2, -0.15) is 0 Å². The third-order valence-electron chi connectivity index (χ3n) is 5.08. The van der Waals surface area contributed by atoms with Crippen LogP contribution in [0.1, 0.15) is 44.5 Å². The fraction of sp³-hybridized carbons (Fsp3) is 0.368. The summed E-state index contributed by atoms with van der Waals surface area (Å²) in [6.07, 6.45) is 0.986. The van der Waals surface area contributed by atoms with Crippen molar-refractivity contribution in [2.75, 3.05) is 0 Å². The number of benzene rings is 2. The highest BCUT2D eigenvalue weighted by Crippen LogP contribution is 2.44. The molecule has 1 nitrogen and oxygen atoms in total. The van der Waals surface area contributed by atoms with Gasteiger partial charge in [0.2, 0.25) is 0 Å². The van der Waals surface area contributed by atoms with Crippen molar-refractivity contribution < 1.29 is 4.74 Å². The molecule has 0 saturated carbocycles. The maximum Gasteiger partial charge on any atom is 0.134 e. The van der Waals surface area contributed by atoms with Crippen LogP contribution < -0.4 is 4.74 Å². The van der Waals surface area contributed by atoms with Gasteiger partial charge in [-0.1, -0.05) is 12.1 Å². The zero-order valence-electron chi connectivity index (χ0n) is 13.3. The van der Waals surface area contributed by atoms with Gasteiger partial charge in [0, 0.05) is 12.0 Å². The Bertz CT molecular complexity index is 724. The predicted molar refractivity (Wildman–Crippen MR) is 84.2 cm³/mol. The summed E-state index contributed by atoms with van der Waals surface area (Å²) in [5, 5.41) is 0. The Kier molecular flexibility index (Phi) is 2.89. The average molecular weight is 266 g/mol. The van der Waals surface area contributed by atoms with E-state index >= 15 is 0 Å². The van der Waals surface area contributed by atoms with E-state index in [0.29, 0.717) is 0 Å². The number of ether oxygens (including phenoxy) is 1. The number of aryl methyl sites for hydroxylation is 1. The molecular formula is C19H22O. The molecule has 1 aliphatic heterocycles. The van der Waals surface area contributed by atoms with Gasteiger partial charge in [-0.25, -0.2) is 0 Å². The average Bonchev–Trinajstić information content (AvgIpc) is 2.45. The molecule has 0 aliphatic carbocycles. The van der Waals surface area contributed by atoms with Crippen molar-refractivity contribution >= 4 is 0 Å². The molecule has 0 fully saturated rings. The lowest BCUT2D eigenvalue weighted by Crippen LogP contribution is -2.10. The van der Waals surface area contributed by atoms with Gasteiger partial charge in [-0.05, 0) is 80.5 Å². The molecule has 0 N–H and O–H groups in total. The first kappa shape index (κ1) is 13.2. The van der Waals surface area contributed by atoms with Crippen molar-refractivity contribution in [2.45, 2.75) is 48.0 Å². The molecule has 1 heterocycles. The number of fused-ring (bicyclic) bond motifs is 2. The first-order valence-corrected chi connectivity index (χ1v) is 7.28. The monoisotopic (exact) mass is 266 g/mol. The number of rotatable bonds is 0. The van der Waals surface area contributed by atoms with E-state index in [-0.39, 0.29) is 0 Å². The molecule has 2 aromatic carbocycles. The van der Waals surface area contributed by atoms with Crippen molar-refractivity contribution in [3.8, 4) is 11.5 Å². The fourth-order valence-corrected chi connectivity index (χ4v) is 3.13. The lowest BCUT2D eigenvalue weighted by molar-refractivity contribution is 0.450. The fourth-order valence-electron chi connectivity index (χ4n) is 3.13. The third kappa shape index (κ3) is 1.69. The van der Waals surface area contributed by atoms with Gasteiger partial charge in [0.25, 0.3) is 0 Å². The largest absolute Gasteiger partial charge is 0.456 e. The van der Waals surface area contributed by atoms with Crippen molar-refractivity contribution in [3.63, 3.8) is 0 Å². The third-order valence-corrected chi connectivity index (χ3v) is 5.08. The van der Waals surface area contributed by atoms with Crippen LogP contribution in [0.15, 0.2) is 12.1 Å². The van der Waals surface area contributed by atoms with E-state index in [1.165, 1.54) is 44.5 Å². The molecule has 0 unspecified atom stereocenters. The molecule has 1 aliphatic rings. The smallest absolute Gasteiger partial charge is 0.134 e. The molecule has 104 valence electrons. The minimum atomic E-state index is 0.986. The molecule has 1 heteroatoms. The summed E-state index contributed by atoms with van der Waals surface area (Å²) in [5.41, 5.74) is 10.7. The summed E-state index contributed by atoms with van der Waals surface area (Å²) in [4.78, 5) is 0. The lowest BCUT2D eigenvalue weighted by Gasteiger charge is -2.27. The van der Waals surface area contributed by atoms with Gasteiger partial charge in [0.05, 0.1) is 0 Å².